The molecule has 35 heavy (non-hydrogen) atoms. The zero-order chi connectivity index (χ0) is 25.9. The van der Waals surface area contributed by atoms with Gasteiger partial charge < -0.3 is 30.3 Å². The van der Waals surface area contributed by atoms with E-state index in [-0.39, 0.29) is 39.6 Å². The molecule has 3 rings (SSSR count). The summed E-state index contributed by atoms with van der Waals surface area (Å²) in [5.74, 6) is -2.21. The molecule has 4 unspecified atom stereocenters. The van der Waals surface area contributed by atoms with Crippen LogP contribution in [0.5, 0.6) is 0 Å². The van der Waals surface area contributed by atoms with Crippen LogP contribution >= 0.6 is 0 Å². The van der Waals surface area contributed by atoms with Crippen molar-refractivity contribution < 1.29 is 37.9 Å². The highest BCUT2D eigenvalue weighted by Crippen LogP contribution is 2.40. The highest BCUT2D eigenvalue weighted by molar-refractivity contribution is 7.94. The number of rotatable bonds is 7. The lowest BCUT2D eigenvalue weighted by atomic mass is 9.96. The molecular weight excluding hydrogens is 486 g/mol. The number of carbonyl (C=O) groups excluding carboxylic acids is 2. The summed E-state index contributed by atoms with van der Waals surface area (Å²) in [6.07, 6.45) is 0. The topological polar surface area (TPSA) is 192 Å². The van der Waals surface area contributed by atoms with Crippen LogP contribution in [0.3, 0.4) is 0 Å². The van der Waals surface area contributed by atoms with Gasteiger partial charge >= 0.3 is 11.9 Å². The average molecular weight is 509 g/mol. The lowest BCUT2D eigenvalue weighted by Crippen LogP contribution is -2.59. The van der Waals surface area contributed by atoms with Gasteiger partial charge in [-0.2, -0.15) is 0 Å². The second kappa shape index (κ2) is 10.6. The second-order valence-electron chi connectivity index (χ2n) is 7.56. The Morgan fingerprint density at radius 3 is 1.63 bits per heavy atom. The Labute approximate surface area is 200 Å². The minimum absolute atomic E-state index is 0.118. The number of nitrogens with one attached hydrogen (secondary N) is 1. The molecule has 2 aromatic carbocycles. The SMILES string of the molecule is CCOC(=O)C1C(c2ccc(N([O-])O)cc2)NC(c2ccc(N([O-])O)cc2)C(C(=O)OC)S1(=O)=O. The number of hydrogen-bond acceptors (Lipinski definition) is 13. The van der Waals surface area contributed by atoms with Gasteiger partial charge in [-0.25, -0.2) is 8.42 Å². The molecule has 0 bridgehead atoms. The fourth-order valence-corrected chi connectivity index (χ4v) is 6.19. The van der Waals surface area contributed by atoms with Crippen LogP contribution in [0.15, 0.2) is 48.5 Å². The number of ether oxygens (including phenoxy) is 2. The van der Waals surface area contributed by atoms with E-state index in [9.17, 15) is 28.4 Å². The third-order valence-corrected chi connectivity index (χ3v) is 7.92. The summed E-state index contributed by atoms with van der Waals surface area (Å²) in [6.45, 7) is 1.38. The van der Waals surface area contributed by atoms with E-state index in [2.05, 4.69) is 5.32 Å². The maximum atomic E-state index is 13.7. The number of carbonyl (C=O) groups is 2. The molecule has 0 saturated carbocycles. The molecule has 1 heterocycles. The highest BCUT2D eigenvalue weighted by atomic mass is 32.2. The summed E-state index contributed by atoms with van der Waals surface area (Å²) < 4.78 is 37.2. The standard InChI is InChI=1S/C21H23N3O10S/c1-3-34-21(26)19-17(13-6-10-15(11-7-13)24(29)30)22-16(18(20(25)33-2)35(19,31)32)12-4-8-14(9-5-12)23(27)28/h4-11,16-19,22,27,29H,3H2,1-2H3/q-2. The van der Waals surface area contributed by atoms with E-state index >= 15 is 0 Å². The third kappa shape index (κ3) is 5.22. The van der Waals surface area contributed by atoms with E-state index < -0.39 is 44.4 Å². The molecule has 1 saturated heterocycles. The zero-order valence-corrected chi connectivity index (χ0v) is 19.4. The molecular formula is C21H23N3O10S-2. The van der Waals surface area contributed by atoms with Crippen LogP contribution < -0.4 is 15.8 Å². The van der Waals surface area contributed by atoms with Gasteiger partial charge in [0.1, 0.15) is 0 Å². The van der Waals surface area contributed by atoms with E-state index in [0.29, 0.717) is 0 Å². The first-order chi connectivity index (χ1) is 16.5. The van der Waals surface area contributed by atoms with E-state index in [1.165, 1.54) is 55.5 Å². The molecule has 0 aromatic heterocycles. The summed E-state index contributed by atoms with van der Waals surface area (Å²) in [7, 11) is -3.59. The van der Waals surface area contributed by atoms with Gasteiger partial charge in [-0.3, -0.25) is 25.3 Å². The Hall–Kier alpha value is -3.27. The monoisotopic (exact) mass is 509 g/mol. The molecule has 0 radical (unpaired) electrons. The van der Waals surface area contributed by atoms with Crippen molar-refractivity contribution in [1.29, 1.82) is 0 Å². The summed E-state index contributed by atoms with van der Waals surface area (Å²) in [5, 5.41) is 39.0. The predicted molar refractivity (Wildman–Crippen MR) is 122 cm³/mol. The average Bonchev–Trinajstić information content (AvgIpc) is 2.82. The van der Waals surface area contributed by atoms with Crippen LogP contribution in [0.2, 0.25) is 0 Å². The second-order valence-corrected chi connectivity index (χ2v) is 9.75. The zero-order valence-electron chi connectivity index (χ0n) is 18.6. The normalized spacial score (nSPS) is 23.3. The fraction of sp³-hybridized carbons (Fsp3) is 0.333. The molecule has 14 heteroatoms. The number of hydrogen-bond donors (Lipinski definition) is 3. The molecule has 13 nitrogen and oxygen atoms in total. The van der Waals surface area contributed by atoms with Gasteiger partial charge in [-0.1, -0.05) is 24.3 Å². The van der Waals surface area contributed by atoms with Gasteiger partial charge in [0.15, 0.2) is 20.3 Å². The number of esters is 2. The van der Waals surface area contributed by atoms with Gasteiger partial charge in [-0.15, -0.1) is 0 Å². The van der Waals surface area contributed by atoms with Gasteiger partial charge in [-0.05, 0) is 42.3 Å². The maximum absolute atomic E-state index is 13.7. The van der Waals surface area contributed by atoms with Gasteiger partial charge in [0.2, 0.25) is 0 Å². The van der Waals surface area contributed by atoms with Crippen molar-refractivity contribution in [2.24, 2.45) is 0 Å². The van der Waals surface area contributed by atoms with Crippen molar-refractivity contribution in [3.63, 3.8) is 0 Å². The van der Waals surface area contributed by atoms with Crippen molar-refractivity contribution >= 4 is 33.2 Å². The van der Waals surface area contributed by atoms with Crippen LogP contribution in [-0.2, 0) is 28.9 Å². The molecule has 0 spiro atoms. The number of anilines is 2. The maximum Gasteiger partial charge on any atom is 0.326 e. The Balaban J connectivity index is 2.17. The van der Waals surface area contributed by atoms with Gasteiger partial charge in [0.05, 0.1) is 37.2 Å². The van der Waals surface area contributed by atoms with E-state index in [1.807, 2.05) is 0 Å². The van der Waals surface area contributed by atoms with Crippen molar-refractivity contribution in [2.45, 2.75) is 29.5 Å². The molecule has 3 N–H and O–H groups in total. The smallest absolute Gasteiger partial charge is 0.326 e. The first-order valence-electron chi connectivity index (χ1n) is 10.3. The van der Waals surface area contributed by atoms with E-state index in [4.69, 9.17) is 19.9 Å². The lowest BCUT2D eigenvalue weighted by Gasteiger charge is -2.40. The predicted octanol–water partition coefficient (Wildman–Crippen LogP) is 1.35. The van der Waals surface area contributed by atoms with E-state index in [0.717, 1.165) is 7.11 Å². The van der Waals surface area contributed by atoms with Crippen LogP contribution in [0.1, 0.15) is 30.1 Å². The number of methoxy groups -OCH3 is 1. The largest absolute Gasteiger partial charge is 0.733 e. The molecule has 1 aliphatic rings. The van der Waals surface area contributed by atoms with Crippen LogP contribution in [0, 0.1) is 10.4 Å². The first-order valence-corrected chi connectivity index (χ1v) is 11.9. The fourth-order valence-electron chi connectivity index (χ4n) is 3.95. The molecule has 0 amide bonds. The molecule has 4 atom stereocenters. The molecule has 1 fully saturated rings. The van der Waals surface area contributed by atoms with E-state index in [1.54, 1.807) is 0 Å². The van der Waals surface area contributed by atoms with Gasteiger partial charge in [0.25, 0.3) is 0 Å². The Bertz CT molecular complexity index is 1150. The summed E-state index contributed by atoms with van der Waals surface area (Å²) >= 11 is 0. The first kappa shape index (κ1) is 26.3. The Morgan fingerprint density at radius 2 is 1.29 bits per heavy atom. The third-order valence-electron chi connectivity index (χ3n) is 5.57. The summed E-state index contributed by atoms with van der Waals surface area (Å²) in [5.41, 5.74) is 0.235. The quantitative estimate of drug-likeness (QED) is 0.358. The molecule has 1 aliphatic heterocycles. The summed E-state index contributed by atoms with van der Waals surface area (Å²) in [4.78, 5) is 25.5. The molecule has 0 aliphatic carbocycles. The van der Waals surface area contributed by atoms with Crippen LogP contribution in [0.25, 0.3) is 0 Å². The van der Waals surface area contributed by atoms with Crippen molar-refractivity contribution in [3.8, 4) is 0 Å². The minimum Gasteiger partial charge on any atom is -0.733 e. The van der Waals surface area contributed by atoms with Crippen molar-refractivity contribution in [2.75, 3.05) is 24.2 Å². The van der Waals surface area contributed by atoms with Gasteiger partial charge in [0, 0.05) is 0 Å². The van der Waals surface area contributed by atoms with Crippen molar-refractivity contribution in [3.05, 3.63) is 70.1 Å². The minimum atomic E-state index is -4.60. The van der Waals surface area contributed by atoms with Crippen LogP contribution in [0.4, 0.5) is 11.4 Å². The van der Waals surface area contributed by atoms with Crippen LogP contribution in [-0.4, -0.2) is 55.0 Å². The van der Waals surface area contributed by atoms with Crippen molar-refractivity contribution in [1.82, 2.24) is 5.32 Å². The Morgan fingerprint density at radius 1 is 0.886 bits per heavy atom. The molecule has 2 aromatic rings. The number of benzene rings is 2. The Kier molecular flexibility index (Phi) is 7.94. The molecule has 190 valence electrons. The number of sulfone groups is 1. The summed E-state index contributed by atoms with van der Waals surface area (Å²) in [6, 6.07) is 7.78. The number of nitrogens with zero attached hydrogens (tertiary/aromatic N) is 2. The lowest BCUT2D eigenvalue weighted by molar-refractivity contribution is -0.143. The highest BCUT2D eigenvalue weighted by Gasteiger charge is 2.56.